The minimum atomic E-state index is -0.501. The Morgan fingerprint density at radius 1 is 1.30 bits per heavy atom. The summed E-state index contributed by atoms with van der Waals surface area (Å²) in [7, 11) is 0. The van der Waals surface area contributed by atoms with Gasteiger partial charge >= 0.3 is 0 Å². The Morgan fingerprint density at radius 2 is 2.05 bits per heavy atom. The van der Waals surface area contributed by atoms with Gasteiger partial charge in [-0.3, -0.25) is 0 Å². The van der Waals surface area contributed by atoms with Crippen molar-refractivity contribution in [1.29, 1.82) is 0 Å². The number of rotatable bonds is 4. The first kappa shape index (κ1) is 14.8. The molecule has 0 unspecified atom stereocenters. The van der Waals surface area contributed by atoms with Crippen LogP contribution in [-0.4, -0.2) is 4.98 Å². The highest BCUT2D eigenvalue weighted by Crippen LogP contribution is 2.32. The Morgan fingerprint density at radius 3 is 2.70 bits per heavy atom. The Hall–Kier alpha value is -1.61. The molecule has 0 spiro atoms. The van der Waals surface area contributed by atoms with Gasteiger partial charge in [-0.05, 0) is 36.1 Å². The maximum absolute atomic E-state index is 14.1. The van der Waals surface area contributed by atoms with E-state index in [-0.39, 0.29) is 17.7 Å². The molecule has 0 saturated carbocycles. The number of halogens is 2. The zero-order chi connectivity index (χ0) is 14.7. The standard InChI is InChI=1S/C16H17ClFNO/c1-10(2)13-5-4-11(3)8-14(13)20-16-15(18)12(9-17)6-7-19-16/h4-8,10H,9H2,1-3H3. The van der Waals surface area contributed by atoms with Gasteiger partial charge in [0.25, 0.3) is 5.88 Å². The van der Waals surface area contributed by atoms with Crippen molar-refractivity contribution in [3.8, 4) is 11.6 Å². The van der Waals surface area contributed by atoms with Gasteiger partial charge in [0.1, 0.15) is 5.75 Å². The fourth-order valence-electron chi connectivity index (χ4n) is 1.95. The second kappa shape index (κ2) is 6.23. The lowest BCUT2D eigenvalue weighted by Gasteiger charge is -2.14. The average Bonchev–Trinajstić information content (AvgIpc) is 2.41. The molecule has 2 aromatic rings. The molecule has 2 nitrogen and oxygen atoms in total. The van der Waals surface area contributed by atoms with Crippen LogP contribution in [-0.2, 0) is 5.88 Å². The number of ether oxygens (including phenoxy) is 1. The van der Waals surface area contributed by atoms with Crippen molar-refractivity contribution in [2.24, 2.45) is 0 Å². The first-order valence-corrected chi connectivity index (χ1v) is 7.04. The highest BCUT2D eigenvalue weighted by molar-refractivity contribution is 6.17. The molecule has 0 aliphatic rings. The van der Waals surface area contributed by atoms with E-state index in [1.165, 1.54) is 6.20 Å². The Bertz CT molecular complexity index is 613. The monoisotopic (exact) mass is 293 g/mol. The van der Waals surface area contributed by atoms with Crippen LogP contribution < -0.4 is 4.74 Å². The summed E-state index contributed by atoms with van der Waals surface area (Å²) in [6, 6.07) is 7.46. The second-order valence-corrected chi connectivity index (χ2v) is 5.29. The van der Waals surface area contributed by atoms with E-state index in [4.69, 9.17) is 16.3 Å². The Kier molecular flexibility index (Phi) is 4.61. The van der Waals surface area contributed by atoms with Crippen molar-refractivity contribution in [3.05, 3.63) is 53.0 Å². The zero-order valence-corrected chi connectivity index (χ0v) is 12.5. The predicted octanol–water partition coefficient (Wildman–Crippen LogP) is 5.18. The molecular formula is C16H17ClFNO. The fourth-order valence-corrected chi connectivity index (χ4v) is 2.15. The first-order chi connectivity index (χ1) is 9.52. The minimum absolute atomic E-state index is 0.0318. The summed E-state index contributed by atoms with van der Waals surface area (Å²) in [4.78, 5) is 3.96. The van der Waals surface area contributed by atoms with Crippen LogP contribution in [0.15, 0.2) is 30.5 Å². The van der Waals surface area contributed by atoms with Crippen molar-refractivity contribution in [1.82, 2.24) is 4.98 Å². The second-order valence-electron chi connectivity index (χ2n) is 5.02. The van der Waals surface area contributed by atoms with Crippen LogP contribution in [0, 0.1) is 12.7 Å². The minimum Gasteiger partial charge on any atom is -0.436 e. The van der Waals surface area contributed by atoms with Crippen molar-refractivity contribution < 1.29 is 9.13 Å². The van der Waals surface area contributed by atoms with Gasteiger partial charge in [0, 0.05) is 11.8 Å². The fraction of sp³-hybridized carbons (Fsp3) is 0.312. The molecule has 0 N–H and O–H groups in total. The van der Waals surface area contributed by atoms with Crippen LogP contribution in [0.25, 0.3) is 0 Å². The summed E-state index contributed by atoms with van der Waals surface area (Å²) in [5.74, 6) is 0.479. The number of aryl methyl sites for hydroxylation is 1. The molecule has 20 heavy (non-hydrogen) atoms. The smallest absolute Gasteiger partial charge is 0.256 e. The normalized spacial score (nSPS) is 10.9. The van der Waals surface area contributed by atoms with E-state index >= 15 is 0 Å². The van der Waals surface area contributed by atoms with Crippen molar-refractivity contribution in [2.45, 2.75) is 32.6 Å². The van der Waals surface area contributed by atoms with Gasteiger partial charge in [-0.2, -0.15) is 0 Å². The van der Waals surface area contributed by atoms with Gasteiger partial charge in [-0.1, -0.05) is 26.0 Å². The predicted molar refractivity (Wildman–Crippen MR) is 79.1 cm³/mol. The maximum atomic E-state index is 14.1. The Labute approximate surface area is 123 Å². The van der Waals surface area contributed by atoms with Gasteiger partial charge in [0.2, 0.25) is 0 Å². The zero-order valence-electron chi connectivity index (χ0n) is 11.8. The highest BCUT2D eigenvalue weighted by atomic mass is 35.5. The van der Waals surface area contributed by atoms with Crippen molar-refractivity contribution >= 4 is 11.6 Å². The molecule has 1 heterocycles. The third kappa shape index (κ3) is 3.10. The first-order valence-electron chi connectivity index (χ1n) is 6.50. The lowest BCUT2D eigenvalue weighted by Crippen LogP contribution is -1.99. The molecule has 2 rings (SSSR count). The quantitative estimate of drug-likeness (QED) is 0.724. The molecule has 0 aliphatic heterocycles. The van der Waals surface area contributed by atoms with Crippen LogP contribution in [0.1, 0.15) is 36.5 Å². The molecule has 106 valence electrons. The number of hydrogen-bond acceptors (Lipinski definition) is 2. The topological polar surface area (TPSA) is 22.1 Å². The van der Waals surface area contributed by atoms with Crippen LogP contribution in [0.4, 0.5) is 4.39 Å². The summed E-state index contributed by atoms with van der Waals surface area (Å²) < 4.78 is 19.8. The van der Waals surface area contributed by atoms with E-state index in [0.717, 1.165) is 11.1 Å². The van der Waals surface area contributed by atoms with Crippen LogP contribution in [0.2, 0.25) is 0 Å². The molecule has 0 radical (unpaired) electrons. The van der Waals surface area contributed by atoms with Crippen LogP contribution in [0.3, 0.4) is 0 Å². The van der Waals surface area contributed by atoms with E-state index in [1.54, 1.807) is 6.07 Å². The number of benzene rings is 1. The summed E-state index contributed by atoms with van der Waals surface area (Å²) >= 11 is 5.69. The largest absolute Gasteiger partial charge is 0.436 e. The molecule has 4 heteroatoms. The molecule has 0 saturated heterocycles. The molecule has 0 aliphatic carbocycles. The average molecular weight is 294 g/mol. The maximum Gasteiger partial charge on any atom is 0.256 e. The van der Waals surface area contributed by atoms with E-state index in [1.807, 2.05) is 25.1 Å². The van der Waals surface area contributed by atoms with E-state index in [2.05, 4.69) is 18.8 Å². The third-order valence-electron chi connectivity index (χ3n) is 3.08. The van der Waals surface area contributed by atoms with Gasteiger partial charge < -0.3 is 4.74 Å². The molecule has 0 atom stereocenters. The Balaban J connectivity index is 2.42. The number of pyridine rings is 1. The number of alkyl halides is 1. The van der Waals surface area contributed by atoms with Crippen molar-refractivity contribution in [2.75, 3.05) is 0 Å². The van der Waals surface area contributed by atoms with E-state index in [9.17, 15) is 4.39 Å². The SMILES string of the molecule is Cc1ccc(C(C)C)c(Oc2nccc(CCl)c2F)c1. The molecule has 0 fully saturated rings. The van der Waals surface area contributed by atoms with E-state index in [0.29, 0.717) is 11.3 Å². The number of aromatic nitrogens is 1. The lowest BCUT2D eigenvalue weighted by molar-refractivity contribution is 0.414. The summed E-state index contributed by atoms with van der Waals surface area (Å²) in [5.41, 5.74) is 2.46. The summed E-state index contributed by atoms with van der Waals surface area (Å²) in [6.07, 6.45) is 1.50. The molecule has 0 amide bonds. The summed E-state index contributed by atoms with van der Waals surface area (Å²) in [6.45, 7) is 6.10. The summed E-state index contributed by atoms with van der Waals surface area (Å²) in [5, 5.41) is 0. The van der Waals surface area contributed by atoms with Gasteiger partial charge in [-0.15, -0.1) is 11.6 Å². The van der Waals surface area contributed by atoms with Gasteiger partial charge in [-0.25, -0.2) is 9.37 Å². The van der Waals surface area contributed by atoms with E-state index < -0.39 is 5.82 Å². The number of nitrogens with zero attached hydrogens (tertiary/aromatic N) is 1. The molecule has 1 aromatic heterocycles. The lowest BCUT2D eigenvalue weighted by atomic mass is 10.0. The van der Waals surface area contributed by atoms with Gasteiger partial charge in [0.15, 0.2) is 5.82 Å². The van der Waals surface area contributed by atoms with Crippen LogP contribution in [0.5, 0.6) is 11.6 Å². The molecule has 1 aromatic carbocycles. The third-order valence-corrected chi connectivity index (χ3v) is 3.37. The molecule has 0 bridgehead atoms. The van der Waals surface area contributed by atoms with Crippen LogP contribution >= 0.6 is 11.6 Å². The highest BCUT2D eigenvalue weighted by Gasteiger charge is 2.14. The van der Waals surface area contributed by atoms with Crippen molar-refractivity contribution in [3.63, 3.8) is 0 Å². The molecular weight excluding hydrogens is 277 g/mol. The van der Waals surface area contributed by atoms with Gasteiger partial charge in [0.05, 0.1) is 5.88 Å². The number of hydrogen-bond donors (Lipinski definition) is 0.